The van der Waals surface area contributed by atoms with Crippen molar-refractivity contribution in [2.45, 2.75) is 32.4 Å². The number of halogens is 1. The van der Waals surface area contributed by atoms with E-state index >= 15 is 0 Å². The molecule has 30 heavy (non-hydrogen) atoms. The molecule has 0 spiro atoms. The average Bonchev–Trinajstić information content (AvgIpc) is 2.72. The molecule has 0 aliphatic carbocycles. The van der Waals surface area contributed by atoms with Crippen molar-refractivity contribution in [3.63, 3.8) is 0 Å². The van der Waals surface area contributed by atoms with Gasteiger partial charge in [-0.1, -0.05) is 5.92 Å². The zero-order chi connectivity index (χ0) is 21.5. The number of nitrogens with one attached hydrogen (secondary N) is 2. The molecule has 7 nitrogen and oxygen atoms in total. The van der Waals surface area contributed by atoms with Crippen LogP contribution in [0.2, 0.25) is 0 Å². The fraction of sp³-hybridized carbons (Fsp3) is 0.318. The summed E-state index contributed by atoms with van der Waals surface area (Å²) >= 11 is 0. The Morgan fingerprint density at radius 1 is 1.37 bits per heavy atom. The zero-order valence-electron chi connectivity index (χ0n) is 16.7. The number of benzene rings is 1. The first kappa shape index (κ1) is 21.1. The molecule has 0 bridgehead atoms. The second kappa shape index (κ2) is 9.74. The molecule has 0 saturated carbocycles. The number of urea groups is 1. The molecule has 1 aromatic carbocycles. The molecule has 2 N–H and O–H groups in total. The van der Waals surface area contributed by atoms with Gasteiger partial charge in [0.15, 0.2) is 0 Å². The molecule has 8 heteroatoms. The highest BCUT2D eigenvalue weighted by Gasteiger charge is 2.23. The zero-order valence-corrected chi connectivity index (χ0v) is 16.7. The van der Waals surface area contributed by atoms with Gasteiger partial charge in [0.2, 0.25) is 5.91 Å². The minimum atomic E-state index is -0.460. The number of likely N-dealkylation sites (tertiary alicyclic amines) is 1. The topological polar surface area (TPSA) is 83.6 Å². The van der Waals surface area contributed by atoms with E-state index in [1.807, 2.05) is 0 Å². The number of rotatable bonds is 5. The van der Waals surface area contributed by atoms with Crippen molar-refractivity contribution in [3.8, 4) is 18.1 Å². The highest BCUT2D eigenvalue weighted by atomic mass is 19.1. The Labute approximate surface area is 174 Å². The fourth-order valence-corrected chi connectivity index (χ4v) is 3.21. The van der Waals surface area contributed by atoms with E-state index in [1.165, 1.54) is 25.3 Å². The molecule has 1 atom stereocenters. The lowest BCUT2D eigenvalue weighted by Crippen LogP contribution is -2.43. The highest BCUT2D eigenvalue weighted by Crippen LogP contribution is 2.21. The van der Waals surface area contributed by atoms with E-state index in [0.717, 1.165) is 12.8 Å². The molecule has 1 aliphatic heterocycles. The van der Waals surface area contributed by atoms with E-state index in [9.17, 15) is 14.0 Å². The average molecular weight is 410 g/mol. The molecule has 1 aromatic heterocycles. The third-order valence-corrected chi connectivity index (χ3v) is 4.68. The second-order valence-corrected chi connectivity index (χ2v) is 7.03. The molecule has 3 rings (SSSR count). The van der Waals surface area contributed by atoms with Crippen molar-refractivity contribution in [2.24, 2.45) is 0 Å². The maximum absolute atomic E-state index is 14.0. The summed E-state index contributed by atoms with van der Waals surface area (Å²) < 4.78 is 19.9. The van der Waals surface area contributed by atoms with Crippen LogP contribution < -0.4 is 15.4 Å². The number of hydrogen-bond donors (Lipinski definition) is 2. The van der Waals surface area contributed by atoms with Crippen LogP contribution in [0.25, 0.3) is 0 Å². The van der Waals surface area contributed by atoms with Gasteiger partial charge in [0.25, 0.3) is 0 Å². The minimum absolute atomic E-state index is 0.00238. The number of hydrogen-bond acceptors (Lipinski definition) is 4. The molecule has 1 unspecified atom stereocenters. The Kier molecular flexibility index (Phi) is 6.86. The number of pyridine rings is 1. The quantitative estimate of drug-likeness (QED) is 0.743. The molecule has 1 saturated heterocycles. The maximum Gasteiger partial charge on any atom is 0.319 e. The molecule has 1 fully saturated rings. The maximum atomic E-state index is 14.0. The number of carbonyl (C=O) groups is 2. The van der Waals surface area contributed by atoms with Gasteiger partial charge in [-0.15, -0.1) is 6.42 Å². The first-order valence-electron chi connectivity index (χ1n) is 9.62. The van der Waals surface area contributed by atoms with Gasteiger partial charge < -0.3 is 20.3 Å². The monoisotopic (exact) mass is 410 g/mol. The largest absolute Gasteiger partial charge is 0.488 e. The normalized spacial score (nSPS) is 15.8. The number of nitrogens with zero attached hydrogens (tertiary/aromatic N) is 2. The minimum Gasteiger partial charge on any atom is -0.488 e. The van der Waals surface area contributed by atoms with Crippen molar-refractivity contribution < 1.29 is 18.7 Å². The van der Waals surface area contributed by atoms with Crippen LogP contribution in [0.4, 0.5) is 14.9 Å². The summed E-state index contributed by atoms with van der Waals surface area (Å²) in [6.45, 7) is 2.83. The van der Waals surface area contributed by atoms with Crippen LogP contribution in [-0.2, 0) is 11.3 Å². The molecule has 2 heterocycles. The Morgan fingerprint density at radius 2 is 2.20 bits per heavy atom. The summed E-state index contributed by atoms with van der Waals surface area (Å²) in [4.78, 5) is 29.4. The Morgan fingerprint density at radius 3 is 2.90 bits per heavy atom. The number of piperidine rings is 1. The van der Waals surface area contributed by atoms with E-state index in [4.69, 9.17) is 11.2 Å². The number of terminal acetylenes is 1. The van der Waals surface area contributed by atoms with Crippen LogP contribution in [-0.4, -0.2) is 41.0 Å². The summed E-state index contributed by atoms with van der Waals surface area (Å²) in [5, 5.41) is 5.29. The van der Waals surface area contributed by atoms with Crippen LogP contribution in [0.15, 0.2) is 36.5 Å². The number of carbonyl (C=O) groups excluding carboxylic acids is 2. The van der Waals surface area contributed by atoms with Crippen LogP contribution in [0.1, 0.15) is 31.0 Å². The van der Waals surface area contributed by atoms with Gasteiger partial charge in [0, 0.05) is 26.1 Å². The van der Waals surface area contributed by atoms with E-state index in [2.05, 4.69) is 21.5 Å². The van der Waals surface area contributed by atoms with Gasteiger partial charge in [0.1, 0.15) is 23.4 Å². The third kappa shape index (κ3) is 5.95. The van der Waals surface area contributed by atoms with E-state index in [-0.39, 0.29) is 18.6 Å². The fourth-order valence-electron chi connectivity index (χ4n) is 3.21. The number of ether oxygens (including phenoxy) is 1. The van der Waals surface area contributed by atoms with Gasteiger partial charge >= 0.3 is 6.03 Å². The summed E-state index contributed by atoms with van der Waals surface area (Å²) in [7, 11) is 0. The van der Waals surface area contributed by atoms with E-state index in [1.54, 1.807) is 23.1 Å². The van der Waals surface area contributed by atoms with Crippen molar-refractivity contribution in [1.29, 1.82) is 0 Å². The summed E-state index contributed by atoms with van der Waals surface area (Å²) in [5.74, 6) is 2.31. The van der Waals surface area contributed by atoms with Crippen molar-refractivity contribution in [3.05, 3.63) is 53.6 Å². The van der Waals surface area contributed by atoms with Crippen molar-refractivity contribution >= 4 is 17.6 Å². The Balaban J connectivity index is 1.56. The molecule has 0 radical (unpaired) electrons. The molecular formula is C22H23FN4O3. The van der Waals surface area contributed by atoms with Crippen LogP contribution in [0.3, 0.4) is 0 Å². The third-order valence-electron chi connectivity index (χ3n) is 4.68. The predicted octanol–water partition coefficient (Wildman–Crippen LogP) is 2.91. The number of anilines is 1. The Hall–Kier alpha value is -3.60. The van der Waals surface area contributed by atoms with E-state index in [0.29, 0.717) is 35.8 Å². The van der Waals surface area contributed by atoms with Crippen LogP contribution in [0, 0.1) is 18.2 Å². The smallest absolute Gasteiger partial charge is 0.319 e. The lowest BCUT2D eigenvalue weighted by atomic mass is 10.1. The van der Waals surface area contributed by atoms with Gasteiger partial charge in [-0.3, -0.25) is 4.79 Å². The second-order valence-electron chi connectivity index (χ2n) is 7.03. The molecule has 156 valence electrons. The lowest BCUT2D eigenvalue weighted by Gasteiger charge is -2.32. The SMILES string of the molecule is C#Cc1ccc(NC(=O)NCc2cc(F)cc(OC3CCCN(C(C)=O)C3)c2)cn1. The molecule has 1 aliphatic rings. The summed E-state index contributed by atoms with van der Waals surface area (Å²) in [5.41, 5.74) is 1.51. The van der Waals surface area contributed by atoms with Gasteiger partial charge in [-0.25, -0.2) is 14.2 Å². The van der Waals surface area contributed by atoms with Crippen molar-refractivity contribution in [1.82, 2.24) is 15.2 Å². The summed E-state index contributed by atoms with van der Waals surface area (Å²) in [6, 6.07) is 7.11. The predicted molar refractivity (Wildman–Crippen MR) is 110 cm³/mol. The van der Waals surface area contributed by atoms with Crippen LogP contribution in [0.5, 0.6) is 5.75 Å². The van der Waals surface area contributed by atoms with Gasteiger partial charge in [-0.2, -0.15) is 0 Å². The highest BCUT2D eigenvalue weighted by molar-refractivity contribution is 5.89. The Bertz CT molecular complexity index is 956. The first-order chi connectivity index (χ1) is 14.4. The summed E-state index contributed by atoms with van der Waals surface area (Å²) in [6.07, 6.45) is 8.15. The first-order valence-corrected chi connectivity index (χ1v) is 9.62. The van der Waals surface area contributed by atoms with Crippen molar-refractivity contribution in [2.75, 3.05) is 18.4 Å². The van der Waals surface area contributed by atoms with E-state index < -0.39 is 11.8 Å². The number of aromatic nitrogens is 1. The van der Waals surface area contributed by atoms with Gasteiger partial charge in [-0.05, 0) is 42.7 Å². The molecule has 2 aromatic rings. The molecular weight excluding hydrogens is 387 g/mol. The van der Waals surface area contributed by atoms with Crippen LogP contribution >= 0.6 is 0 Å². The lowest BCUT2D eigenvalue weighted by molar-refractivity contribution is -0.131. The number of amides is 3. The standard InChI is InChI=1S/C22H23FN4O3/c1-3-18-6-7-19(13-24-18)26-22(29)25-12-16-9-17(23)11-21(10-16)30-20-5-4-8-27(14-20)15(2)28/h1,6-7,9-11,13,20H,4-5,8,12,14H2,2H3,(H2,25,26,29). The molecule has 3 amide bonds. The van der Waals surface area contributed by atoms with Gasteiger partial charge in [0.05, 0.1) is 18.4 Å².